The Hall–Kier alpha value is -0.950. The van der Waals surface area contributed by atoms with E-state index in [1.807, 2.05) is 19.1 Å². The molecule has 1 atom stereocenters. The summed E-state index contributed by atoms with van der Waals surface area (Å²) in [6.45, 7) is 7.67. The van der Waals surface area contributed by atoms with Gasteiger partial charge < -0.3 is 10.1 Å². The number of benzene rings is 1. The standard InChI is InChI=1S/C15H24N2O3S/c1-11(2)16-9-13-5-4-12(3)15(8-13)21(18,19)17-14-6-7-20-10-14/h4-5,8,11,14,16-17H,6-7,9-10H2,1-3H3. The average Bonchev–Trinajstić information content (AvgIpc) is 2.89. The summed E-state index contributed by atoms with van der Waals surface area (Å²) in [5.74, 6) is 0. The van der Waals surface area contributed by atoms with E-state index < -0.39 is 10.0 Å². The van der Waals surface area contributed by atoms with E-state index in [4.69, 9.17) is 4.74 Å². The molecule has 2 N–H and O–H groups in total. The van der Waals surface area contributed by atoms with Crippen LogP contribution in [0.2, 0.25) is 0 Å². The predicted octanol–water partition coefficient (Wildman–Crippen LogP) is 1.56. The molecule has 1 aromatic carbocycles. The van der Waals surface area contributed by atoms with E-state index in [1.165, 1.54) is 0 Å². The molecule has 118 valence electrons. The summed E-state index contributed by atoms with van der Waals surface area (Å²) in [5.41, 5.74) is 1.73. The molecular weight excluding hydrogens is 288 g/mol. The third-order valence-electron chi connectivity index (χ3n) is 3.51. The van der Waals surface area contributed by atoms with Crippen LogP contribution >= 0.6 is 0 Å². The van der Waals surface area contributed by atoms with Gasteiger partial charge in [-0.25, -0.2) is 13.1 Å². The Morgan fingerprint density at radius 3 is 2.76 bits per heavy atom. The van der Waals surface area contributed by atoms with E-state index in [-0.39, 0.29) is 6.04 Å². The lowest BCUT2D eigenvalue weighted by Gasteiger charge is -2.15. The third-order valence-corrected chi connectivity index (χ3v) is 5.17. The first-order valence-electron chi connectivity index (χ1n) is 7.31. The topological polar surface area (TPSA) is 67.4 Å². The highest BCUT2D eigenvalue weighted by atomic mass is 32.2. The average molecular weight is 312 g/mol. The van der Waals surface area contributed by atoms with Crippen LogP contribution in [-0.2, 0) is 21.3 Å². The van der Waals surface area contributed by atoms with E-state index in [1.54, 1.807) is 6.07 Å². The van der Waals surface area contributed by atoms with Crippen molar-refractivity contribution >= 4 is 10.0 Å². The van der Waals surface area contributed by atoms with Gasteiger partial charge in [0.15, 0.2) is 0 Å². The van der Waals surface area contributed by atoms with Crippen molar-refractivity contribution in [3.63, 3.8) is 0 Å². The van der Waals surface area contributed by atoms with Gasteiger partial charge in [0.25, 0.3) is 0 Å². The zero-order valence-corrected chi connectivity index (χ0v) is 13.7. The summed E-state index contributed by atoms with van der Waals surface area (Å²) < 4.78 is 33.0. The molecule has 21 heavy (non-hydrogen) atoms. The molecule has 1 unspecified atom stereocenters. The molecule has 0 saturated carbocycles. The molecule has 1 saturated heterocycles. The quantitative estimate of drug-likeness (QED) is 0.836. The smallest absolute Gasteiger partial charge is 0.241 e. The first-order valence-corrected chi connectivity index (χ1v) is 8.80. The summed E-state index contributed by atoms with van der Waals surface area (Å²) in [7, 11) is -3.49. The number of rotatable bonds is 6. The van der Waals surface area contributed by atoms with Crippen molar-refractivity contribution in [3.8, 4) is 0 Å². The molecule has 0 bridgehead atoms. The van der Waals surface area contributed by atoms with Crippen LogP contribution in [0.4, 0.5) is 0 Å². The van der Waals surface area contributed by atoms with Crippen molar-refractivity contribution in [2.24, 2.45) is 0 Å². The van der Waals surface area contributed by atoms with Crippen molar-refractivity contribution < 1.29 is 13.2 Å². The van der Waals surface area contributed by atoms with Crippen LogP contribution in [0.15, 0.2) is 23.1 Å². The lowest BCUT2D eigenvalue weighted by molar-refractivity contribution is 0.192. The molecule has 5 nitrogen and oxygen atoms in total. The van der Waals surface area contributed by atoms with Crippen molar-refractivity contribution in [1.29, 1.82) is 0 Å². The van der Waals surface area contributed by atoms with Crippen LogP contribution in [0.25, 0.3) is 0 Å². The number of hydrogen-bond donors (Lipinski definition) is 2. The second-order valence-electron chi connectivity index (χ2n) is 5.82. The van der Waals surface area contributed by atoms with Gasteiger partial charge in [-0.15, -0.1) is 0 Å². The minimum Gasteiger partial charge on any atom is -0.380 e. The minimum atomic E-state index is -3.49. The fourth-order valence-corrected chi connectivity index (χ4v) is 3.83. The highest BCUT2D eigenvalue weighted by Gasteiger charge is 2.24. The van der Waals surface area contributed by atoms with Crippen molar-refractivity contribution in [1.82, 2.24) is 10.0 Å². The van der Waals surface area contributed by atoms with Crippen LogP contribution in [0.3, 0.4) is 0 Å². The Kier molecular flexibility index (Phi) is 5.37. The van der Waals surface area contributed by atoms with E-state index in [2.05, 4.69) is 23.9 Å². The maximum absolute atomic E-state index is 12.5. The summed E-state index contributed by atoms with van der Waals surface area (Å²) in [6.07, 6.45) is 0.729. The molecule has 0 spiro atoms. The maximum Gasteiger partial charge on any atom is 0.241 e. The van der Waals surface area contributed by atoms with Gasteiger partial charge in [0.1, 0.15) is 0 Å². The van der Waals surface area contributed by atoms with Gasteiger partial charge in [-0.1, -0.05) is 26.0 Å². The zero-order chi connectivity index (χ0) is 15.5. The van der Waals surface area contributed by atoms with E-state index in [0.29, 0.717) is 30.7 Å². The molecule has 6 heteroatoms. The van der Waals surface area contributed by atoms with Gasteiger partial charge in [-0.3, -0.25) is 0 Å². The zero-order valence-electron chi connectivity index (χ0n) is 12.8. The minimum absolute atomic E-state index is 0.119. The molecule has 1 aliphatic heterocycles. The third kappa shape index (κ3) is 4.51. The Morgan fingerprint density at radius 1 is 1.38 bits per heavy atom. The number of sulfonamides is 1. The van der Waals surface area contributed by atoms with Gasteiger partial charge in [-0.2, -0.15) is 0 Å². The van der Waals surface area contributed by atoms with E-state index in [9.17, 15) is 8.42 Å². The molecule has 0 aliphatic carbocycles. The molecule has 0 radical (unpaired) electrons. The van der Waals surface area contributed by atoms with Crippen molar-refractivity contribution in [2.75, 3.05) is 13.2 Å². The monoisotopic (exact) mass is 312 g/mol. The highest BCUT2D eigenvalue weighted by molar-refractivity contribution is 7.89. The number of ether oxygens (including phenoxy) is 1. The van der Waals surface area contributed by atoms with Crippen LogP contribution in [0.5, 0.6) is 0 Å². The van der Waals surface area contributed by atoms with E-state index >= 15 is 0 Å². The number of aryl methyl sites for hydroxylation is 1. The molecule has 1 aromatic rings. The molecule has 2 rings (SSSR count). The second-order valence-corrected chi connectivity index (χ2v) is 7.50. The fraction of sp³-hybridized carbons (Fsp3) is 0.600. The van der Waals surface area contributed by atoms with Gasteiger partial charge >= 0.3 is 0 Å². The number of hydrogen-bond acceptors (Lipinski definition) is 4. The molecule has 0 amide bonds. The second kappa shape index (κ2) is 6.87. The van der Waals surface area contributed by atoms with Gasteiger partial charge in [0.2, 0.25) is 10.0 Å². The summed E-state index contributed by atoms with van der Waals surface area (Å²) >= 11 is 0. The molecular formula is C15H24N2O3S. The highest BCUT2D eigenvalue weighted by Crippen LogP contribution is 2.19. The fourth-order valence-electron chi connectivity index (χ4n) is 2.28. The largest absolute Gasteiger partial charge is 0.380 e. The Bertz CT molecular complexity index is 579. The van der Waals surface area contributed by atoms with Gasteiger partial charge in [0.05, 0.1) is 11.5 Å². The lowest BCUT2D eigenvalue weighted by atomic mass is 10.1. The van der Waals surface area contributed by atoms with Gasteiger partial charge in [-0.05, 0) is 30.5 Å². The van der Waals surface area contributed by atoms with Crippen LogP contribution < -0.4 is 10.0 Å². The SMILES string of the molecule is Cc1ccc(CNC(C)C)cc1S(=O)(=O)NC1CCOC1. The first kappa shape index (κ1) is 16.4. The predicted molar refractivity (Wildman–Crippen MR) is 82.7 cm³/mol. The van der Waals surface area contributed by atoms with Crippen molar-refractivity contribution in [3.05, 3.63) is 29.3 Å². The number of nitrogens with one attached hydrogen (secondary N) is 2. The summed E-state index contributed by atoms with van der Waals surface area (Å²) in [5, 5.41) is 3.30. The summed E-state index contributed by atoms with van der Waals surface area (Å²) in [6, 6.07) is 5.81. The Morgan fingerprint density at radius 2 is 2.14 bits per heavy atom. The molecule has 0 aromatic heterocycles. The molecule has 1 heterocycles. The van der Waals surface area contributed by atoms with Gasteiger partial charge in [0, 0.05) is 25.2 Å². The van der Waals surface area contributed by atoms with Crippen LogP contribution in [0, 0.1) is 6.92 Å². The maximum atomic E-state index is 12.5. The van der Waals surface area contributed by atoms with Crippen LogP contribution in [0.1, 0.15) is 31.4 Å². The molecule has 1 fully saturated rings. The first-order chi connectivity index (χ1) is 9.88. The van der Waals surface area contributed by atoms with Crippen LogP contribution in [-0.4, -0.2) is 33.7 Å². The van der Waals surface area contributed by atoms with E-state index in [0.717, 1.165) is 17.5 Å². The summed E-state index contributed by atoms with van der Waals surface area (Å²) in [4.78, 5) is 0.359. The molecule has 1 aliphatic rings. The Labute approximate surface area is 127 Å². The van der Waals surface area contributed by atoms with Crippen molar-refractivity contribution in [2.45, 2.75) is 50.7 Å². The Balaban J connectivity index is 2.18. The lowest BCUT2D eigenvalue weighted by Crippen LogP contribution is -2.35. The normalized spacial score (nSPS) is 19.3.